The number of nitrogens with zero attached hydrogens (tertiary/aromatic N) is 2. The highest BCUT2D eigenvalue weighted by atomic mass is 15.3. The molecule has 3 heteroatoms. The predicted molar refractivity (Wildman–Crippen MR) is 77.2 cm³/mol. The zero-order chi connectivity index (χ0) is 13.6. The molecule has 100 valence electrons. The van der Waals surface area contributed by atoms with E-state index < -0.39 is 0 Å². The van der Waals surface area contributed by atoms with Gasteiger partial charge in [0.1, 0.15) is 6.07 Å². The Kier molecular flexibility index (Phi) is 2.79. The van der Waals surface area contributed by atoms with Gasteiger partial charge in [0, 0.05) is 25.2 Å². The highest BCUT2D eigenvalue weighted by molar-refractivity contribution is 5.63. The van der Waals surface area contributed by atoms with Crippen molar-refractivity contribution in [1.82, 2.24) is 5.32 Å². The second-order valence-electron chi connectivity index (χ2n) is 6.42. The van der Waals surface area contributed by atoms with E-state index in [1.54, 1.807) is 0 Å². The van der Waals surface area contributed by atoms with Gasteiger partial charge in [-0.1, -0.05) is 6.07 Å². The van der Waals surface area contributed by atoms with Crippen LogP contribution >= 0.6 is 0 Å². The zero-order valence-corrected chi connectivity index (χ0v) is 11.9. The fourth-order valence-corrected chi connectivity index (χ4v) is 3.81. The first-order chi connectivity index (χ1) is 9.04. The van der Waals surface area contributed by atoms with Gasteiger partial charge in [-0.15, -0.1) is 0 Å². The fraction of sp³-hybridized carbons (Fsp3) is 0.562. The van der Waals surface area contributed by atoms with E-state index >= 15 is 0 Å². The molecule has 0 aromatic heterocycles. The average molecular weight is 255 g/mol. The van der Waals surface area contributed by atoms with Gasteiger partial charge < -0.3 is 10.2 Å². The van der Waals surface area contributed by atoms with Crippen molar-refractivity contribution < 1.29 is 0 Å². The summed E-state index contributed by atoms with van der Waals surface area (Å²) in [5.41, 5.74) is 3.18. The molecule has 2 aliphatic heterocycles. The summed E-state index contributed by atoms with van der Waals surface area (Å²) in [6.45, 7) is 9.93. The summed E-state index contributed by atoms with van der Waals surface area (Å²) in [5, 5.41) is 12.9. The molecule has 1 N–H and O–H groups in total. The largest absolute Gasteiger partial charge is 0.365 e. The van der Waals surface area contributed by atoms with Crippen LogP contribution in [0.25, 0.3) is 0 Å². The summed E-state index contributed by atoms with van der Waals surface area (Å²) in [7, 11) is 0. The smallest absolute Gasteiger partial charge is 0.101 e. The maximum absolute atomic E-state index is 9.39. The number of aryl methyl sites for hydroxylation is 1. The molecule has 0 saturated carbocycles. The molecular weight excluding hydrogens is 234 g/mol. The lowest BCUT2D eigenvalue weighted by atomic mass is 9.84. The monoisotopic (exact) mass is 255 g/mol. The van der Waals surface area contributed by atoms with E-state index in [1.807, 2.05) is 13.0 Å². The third-order valence-corrected chi connectivity index (χ3v) is 4.92. The molecule has 3 nitrogen and oxygen atoms in total. The first-order valence-electron chi connectivity index (χ1n) is 7.03. The van der Waals surface area contributed by atoms with Crippen LogP contribution in [0.1, 0.15) is 25.0 Å². The molecule has 2 atom stereocenters. The quantitative estimate of drug-likeness (QED) is 0.837. The molecule has 0 radical (unpaired) electrons. The van der Waals surface area contributed by atoms with Crippen LogP contribution in [0.4, 0.5) is 5.69 Å². The lowest BCUT2D eigenvalue weighted by molar-refractivity contribution is 0.357. The number of hydrogen-bond acceptors (Lipinski definition) is 3. The van der Waals surface area contributed by atoms with E-state index in [4.69, 9.17) is 0 Å². The van der Waals surface area contributed by atoms with Crippen LogP contribution in [-0.2, 0) is 0 Å². The van der Waals surface area contributed by atoms with Gasteiger partial charge in [-0.3, -0.25) is 0 Å². The molecule has 3 rings (SSSR count). The van der Waals surface area contributed by atoms with Crippen molar-refractivity contribution in [2.75, 3.05) is 24.5 Å². The Hall–Kier alpha value is -1.53. The zero-order valence-electron chi connectivity index (χ0n) is 11.9. The fourth-order valence-electron chi connectivity index (χ4n) is 3.81. The van der Waals surface area contributed by atoms with Crippen molar-refractivity contribution in [3.8, 4) is 6.07 Å². The highest BCUT2D eigenvalue weighted by Gasteiger charge is 2.49. The van der Waals surface area contributed by atoms with Gasteiger partial charge in [-0.25, -0.2) is 0 Å². The molecule has 0 aliphatic carbocycles. The highest BCUT2D eigenvalue weighted by Crippen LogP contribution is 2.44. The van der Waals surface area contributed by atoms with E-state index in [2.05, 4.69) is 42.3 Å². The van der Waals surface area contributed by atoms with Gasteiger partial charge in [0.2, 0.25) is 0 Å². The number of hydrogen-bond donors (Lipinski definition) is 1. The Labute approximate surface area is 115 Å². The van der Waals surface area contributed by atoms with Gasteiger partial charge in [0.05, 0.1) is 11.3 Å². The summed E-state index contributed by atoms with van der Waals surface area (Å²) >= 11 is 0. The van der Waals surface area contributed by atoms with Crippen molar-refractivity contribution in [3.63, 3.8) is 0 Å². The second-order valence-corrected chi connectivity index (χ2v) is 6.42. The van der Waals surface area contributed by atoms with E-state index in [0.29, 0.717) is 11.8 Å². The van der Waals surface area contributed by atoms with E-state index in [1.165, 1.54) is 0 Å². The second kappa shape index (κ2) is 4.25. The van der Waals surface area contributed by atoms with Gasteiger partial charge >= 0.3 is 0 Å². The normalized spacial score (nSPS) is 28.2. The van der Waals surface area contributed by atoms with Gasteiger partial charge in [0.25, 0.3) is 0 Å². The van der Waals surface area contributed by atoms with Crippen molar-refractivity contribution in [3.05, 3.63) is 29.3 Å². The van der Waals surface area contributed by atoms with Crippen molar-refractivity contribution in [2.24, 2.45) is 11.8 Å². The Morgan fingerprint density at radius 2 is 2.16 bits per heavy atom. The number of rotatable bonds is 1. The minimum absolute atomic E-state index is 0.120. The Bertz CT molecular complexity index is 541. The maximum atomic E-state index is 9.39. The summed E-state index contributed by atoms with van der Waals surface area (Å²) < 4.78 is 0. The van der Waals surface area contributed by atoms with E-state index in [0.717, 1.165) is 36.4 Å². The predicted octanol–water partition coefficient (Wildman–Crippen LogP) is 2.30. The summed E-state index contributed by atoms with van der Waals surface area (Å²) in [4.78, 5) is 2.45. The SMILES string of the molecule is Cc1ccc(N2CC3CNCC3C2(C)C)c(C#N)c1. The molecule has 1 aromatic carbocycles. The van der Waals surface area contributed by atoms with Crippen LogP contribution < -0.4 is 10.2 Å². The van der Waals surface area contributed by atoms with Crippen LogP contribution in [0.3, 0.4) is 0 Å². The Balaban J connectivity index is 2.02. The number of benzene rings is 1. The summed E-state index contributed by atoms with van der Waals surface area (Å²) in [5.74, 6) is 1.39. The van der Waals surface area contributed by atoms with Crippen molar-refractivity contribution >= 4 is 5.69 Å². The van der Waals surface area contributed by atoms with Crippen LogP contribution in [-0.4, -0.2) is 25.2 Å². The Morgan fingerprint density at radius 1 is 1.37 bits per heavy atom. The molecule has 0 spiro atoms. The van der Waals surface area contributed by atoms with Crippen molar-refractivity contribution in [1.29, 1.82) is 5.26 Å². The molecule has 2 unspecified atom stereocenters. The molecule has 19 heavy (non-hydrogen) atoms. The lowest BCUT2D eigenvalue weighted by Gasteiger charge is -2.38. The van der Waals surface area contributed by atoms with Gasteiger partial charge in [0.15, 0.2) is 0 Å². The van der Waals surface area contributed by atoms with Gasteiger partial charge in [-0.2, -0.15) is 5.26 Å². The molecule has 0 amide bonds. The standard InChI is InChI=1S/C16H21N3/c1-11-4-5-15(12(6-11)7-17)19-10-13-8-18-9-14(13)16(19,2)3/h4-6,13-14,18H,8-10H2,1-3H3. The molecule has 2 fully saturated rings. The van der Waals surface area contributed by atoms with Crippen molar-refractivity contribution in [2.45, 2.75) is 26.3 Å². The third kappa shape index (κ3) is 1.82. The molecule has 2 heterocycles. The number of nitrogens with one attached hydrogen (secondary N) is 1. The number of fused-ring (bicyclic) bond motifs is 1. The number of anilines is 1. The minimum Gasteiger partial charge on any atom is -0.365 e. The maximum Gasteiger partial charge on any atom is 0.101 e. The molecule has 2 saturated heterocycles. The van der Waals surface area contributed by atoms with E-state index in [9.17, 15) is 5.26 Å². The molecule has 2 aliphatic rings. The molecular formula is C16H21N3. The van der Waals surface area contributed by atoms with Crippen LogP contribution in [0, 0.1) is 30.1 Å². The minimum atomic E-state index is 0.120. The molecule has 1 aromatic rings. The first kappa shape index (κ1) is 12.5. The van der Waals surface area contributed by atoms with Crippen LogP contribution in [0.15, 0.2) is 18.2 Å². The topological polar surface area (TPSA) is 39.1 Å². The summed E-state index contributed by atoms with van der Waals surface area (Å²) in [6.07, 6.45) is 0. The van der Waals surface area contributed by atoms with E-state index in [-0.39, 0.29) is 5.54 Å². The van der Waals surface area contributed by atoms with Gasteiger partial charge in [-0.05, 0) is 50.3 Å². The summed E-state index contributed by atoms with van der Waals surface area (Å²) in [6, 6.07) is 8.58. The molecule has 0 bridgehead atoms. The third-order valence-electron chi connectivity index (χ3n) is 4.92. The first-order valence-corrected chi connectivity index (χ1v) is 7.03. The number of nitriles is 1. The Morgan fingerprint density at radius 3 is 2.84 bits per heavy atom. The van der Waals surface area contributed by atoms with Crippen LogP contribution in [0.5, 0.6) is 0 Å². The average Bonchev–Trinajstić information content (AvgIpc) is 2.92. The van der Waals surface area contributed by atoms with Crippen LogP contribution in [0.2, 0.25) is 0 Å². The lowest BCUT2D eigenvalue weighted by Crippen LogP contribution is -2.44.